The van der Waals surface area contributed by atoms with Crippen LogP contribution in [0.3, 0.4) is 0 Å². The average Bonchev–Trinajstić information content (AvgIpc) is 2.76. The van der Waals surface area contributed by atoms with Gasteiger partial charge >= 0.3 is 0 Å². The maximum Gasteiger partial charge on any atom is 0.281 e. The molecule has 0 aromatic heterocycles. The van der Waals surface area contributed by atoms with E-state index >= 15 is 0 Å². The molecule has 0 atom stereocenters. The molecule has 0 radical (unpaired) electrons. The van der Waals surface area contributed by atoms with Crippen LogP contribution in [0.25, 0.3) is 0 Å². The van der Waals surface area contributed by atoms with E-state index in [-0.39, 0.29) is 11.8 Å². The molecule has 7 heteroatoms. The molecule has 1 fully saturated rings. The standard InChI is InChI=1S/C11H24N4O2S/c1-10(2)9-15(8-5-11(12)13)18(16,17)14-6-3-4-7-14/h10H,3-9H2,1-2H3,(H3,12,13). The van der Waals surface area contributed by atoms with Crippen molar-refractivity contribution in [3.05, 3.63) is 0 Å². The quantitative estimate of drug-likeness (QED) is 0.527. The maximum absolute atomic E-state index is 12.4. The third-order valence-electron chi connectivity index (χ3n) is 2.92. The lowest BCUT2D eigenvalue weighted by molar-refractivity contribution is 0.336. The molecule has 106 valence electrons. The molecule has 1 aliphatic heterocycles. The summed E-state index contributed by atoms with van der Waals surface area (Å²) in [7, 11) is -3.38. The molecule has 3 N–H and O–H groups in total. The van der Waals surface area contributed by atoms with Gasteiger partial charge in [-0.05, 0) is 18.8 Å². The van der Waals surface area contributed by atoms with Gasteiger partial charge in [-0.1, -0.05) is 13.8 Å². The summed E-state index contributed by atoms with van der Waals surface area (Å²) in [5, 5.41) is 7.23. The van der Waals surface area contributed by atoms with Gasteiger partial charge in [0.2, 0.25) is 0 Å². The highest BCUT2D eigenvalue weighted by atomic mass is 32.2. The summed E-state index contributed by atoms with van der Waals surface area (Å²) in [4.78, 5) is 0. The number of amidine groups is 1. The van der Waals surface area contributed by atoms with Crippen molar-refractivity contribution >= 4 is 16.0 Å². The first-order valence-corrected chi connectivity index (χ1v) is 7.82. The highest BCUT2D eigenvalue weighted by molar-refractivity contribution is 7.86. The summed E-state index contributed by atoms with van der Waals surface area (Å²) in [6.45, 7) is 5.97. The summed E-state index contributed by atoms with van der Waals surface area (Å²) in [6, 6.07) is 0. The van der Waals surface area contributed by atoms with E-state index in [1.807, 2.05) is 13.8 Å². The van der Waals surface area contributed by atoms with E-state index in [1.54, 1.807) is 0 Å². The van der Waals surface area contributed by atoms with Crippen LogP contribution in [0, 0.1) is 11.3 Å². The lowest BCUT2D eigenvalue weighted by Gasteiger charge is -2.28. The molecule has 0 aliphatic carbocycles. The van der Waals surface area contributed by atoms with E-state index in [1.165, 1.54) is 8.61 Å². The van der Waals surface area contributed by atoms with Crippen molar-refractivity contribution in [2.24, 2.45) is 11.7 Å². The molecule has 0 unspecified atom stereocenters. The molecular formula is C11H24N4O2S. The summed E-state index contributed by atoms with van der Waals surface area (Å²) in [5.74, 6) is 0.287. The van der Waals surface area contributed by atoms with Gasteiger partial charge in [-0.15, -0.1) is 0 Å². The Morgan fingerprint density at radius 1 is 1.39 bits per heavy atom. The largest absolute Gasteiger partial charge is 0.388 e. The molecule has 0 aromatic rings. The van der Waals surface area contributed by atoms with E-state index in [0.29, 0.717) is 32.6 Å². The van der Waals surface area contributed by atoms with E-state index in [2.05, 4.69) is 0 Å². The van der Waals surface area contributed by atoms with Crippen molar-refractivity contribution in [1.29, 1.82) is 5.41 Å². The zero-order chi connectivity index (χ0) is 13.8. The first-order chi connectivity index (χ1) is 8.34. The van der Waals surface area contributed by atoms with Crippen LogP contribution in [0.4, 0.5) is 0 Å². The molecule has 0 saturated carbocycles. The second-order valence-corrected chi connectivity index (χ2v) is 7.07. The zero-order valence-corrected chi connectivity index (χ0v) is 12.0. The van der Waals surface area contributed by atoms with Gasteiger partial charge in [-0.2, -0.15) is 17.0 Å². The second-order valence-electron chi connectivity index (χ2n) is 5.14. The van der Waals surface area contributed by atoms with Crippen LogP contribution in [-0.2, 0) is 10.2 Å². The Balaban J connectivity index is 2.76. The minimum atomic E-state index is -3.38. The van der Waals surface area contributed by atoms with Crippen molar-refractivity contribution in [2.75, 3.05) is 26.2 Å². The van der Waals surface area contributed by atoms with Gasteiger partial charge in [-0.3, -0.25) is 5.41 Å². The predicted octanol–water partition coefficient (Wildman–Crippen LogP) is 0.611. The molecule has 18 heavy (non-hydrogen) atoms. The average molecular weight is 276 g/mol. The summed E-state index contributed by atoms with van der Waals surface area (Å²) >= 11 is 0. The lowest BCUT2D eigenvalue weighted by Crippen LogP contribution is -2.45. The first kappa shape index (κ1) is 15.4. The SMILES string of the molecule is CC(C)CN(CCC(=N)N)S(=O)(=O)N1CCCC1. The highest BCUT2D eigenvalue weighted by Gasteiger charge is 2.31. The van der Waals surface area contributed by atoms with Gasteiger partial charge in [0.15, 0.2) is 0 Å². The lowest BCUT2D eigenvalue weighted by atomic mass is 10.2. The number of nitrogens with zero attached hydrogens (tertiary/aromatic N) is 2. The highest BCUT2D eigenvalue weighted by Crippen LogP contribution is 2.17. The summed E-state index contributed by atoms with van der Waals surface area (Å²) in [6.07, 6.45) is 2.16. The second kappa shape index (κ2) is 6.49. The van der Waals surface area contributed by atoms with Crippen molar-refractivity contribution in [3.8, 4) is 0 Å². The van der Waals surface area contributed by atoms with E-state index in [4.69, 9.17) is 11.1 Å². The van der Waals surface area contributed by atoms with Crippen molar-refractivity contribution in [1.82, 2.24) is 8.61 Å². The van der Waals surface area contributed by atoms with Crippen LogP contribution >= 0.6 is 0 Å². The Morgan fingerprint density at radius 3 is 2.39 bits per heavy atom. The maximum atomic E-state index is 12.4. The molecule has 1 heterocycles. The predicted molar refractivity (Wildman–Crippen MR) is 72.7 cm³/mol. The molecule has 0 spiro atoms. The van der Waals surface area contributed by atoms with Crippen LogP contribution in [0.1, 0.15) is 33.1 Å². The Kier molecular flexibility index (Phi) is 5.55. The summed E-state index contributed by atoms with van der Waals surface area (Å²) < 4.78 is 27.8. The minimum absolute atomic E-state index is 0.0281. The molecule has 0 aromatic carbocycles. The molecule has 0 bridgehead atoms. The number of nitrogens with two attached hydrogens (primary N) is 1. The monoisotopic (exact) mass is 276 g/mol. The molecule has 6 nitrogen and oxygen atoms in total. The van der Waals surface area contributed by atoms with Crippen LogP contribution in [-0.4, -0.2) is 49.0 Å². The topological polar surface area (TPSA) is 90.5 Å². The van der Waals surface area contributed by atoms with Crippen LogP contribution in [0.5, 0.6) is 0 Å². The molecule has 1 rings (SSSR count). The number of rotatable bonds is 7. The van der Waals surface area contributed by atoms with E-state index < -0.39 is 10.2 Å². The van der Waals surface area contributed by atoms with E-state index in [9.17, 15) is 8.42 Å². The van der Waals surface area contributed by atoms with Gasteiger partial charge < -0.3 is 5.73 Å². The molecule has 1 aliphatic rings. The summed E-state index contributed by atoms with van der Waals surface area (Å²) in [5.41, 5.74) is 5.32. The number of nitrogens with one attached hydrogen (secondary N) is 1. The van der Waals surface area contributed by atoms with Gasteiger partial charge in [0.05, 0.1) is 5.84 Å². The molecule has 0 amide bonds. The fourth-order valence-electron chi connectivity index (χ4n) is 2.04. The van der Waals surface area contributed by atoms with Crippen LogP contribution in [0.15, 0.2) is 0 Å². The fraction of sp³-hybridized carbons (Fsp3) is 0.909. The minimum Gasteiger partial charge on any atom is -0.388 e. The third-order valence-corrected chi connectivity index (χ3v) is 4.92. The van der Waals surface area contributed by atoms with Crippen LogP contribution < -0.4 is 5.73 Å². The normalized spacial score (nSPS) is 17.8. The first-order valence-electron chi connectivity index (χ1n) is 6.42. The Morgan fingerprint density at radius 2 is 1.94 bits per heavy atom. The van der Waals surface area contributed by atoms with Gasteiger partial charge in [0.1, 0.15) is 0 Å². The molecule has 1 saturated heterocycles. The number of hydrogen-bond donors (Lipinski definition) is 2. The smallest absolute Gasteiger partial charge is 0.281 e. The van der Waals surface area contributed by atoms with Gasteiger partial charge in [0, 0.05) is 32.6 Å². The van der Waals surface area contributed by atoms with Crippen molar-refractivity contribution < 1.29 is 8.42 Å². The zero-order valence-electron chi connectivity index (χ0n) is 11.2. The van der Waals surface area contributed by atoms with Crippen LogP contribution in [0.2, 0.25) is 0 Å². The van der Waals surface area contributed by atoms with Crippen molar-refractivity contribution in [3.63, 3.8) is 0 Å². The van der Waals surface area contributed by atoms with Crippen molar-refractivity contribution in [2.45, 2.75) is 33.1 Å². The fourth-order valence-corrected chi connectivity index (χ4v) is 3.89. The van der Waals surface area contributed by atoms with Gasteiger partial charge in [-0.25, -0.2) is 0 Å². The van der Waals surface area contributed by atoms with E-state index in [0.717, 1.165) is 12.8 Å². The Hall–Kier alpha value is -0.660. The third kappa shape index (κ3) is 4.22. The van der Waals surface area contributed by atoms with Gasteiger partial charge in [0.25, 0.3) is 10.2 Å². The number of hydrogen-bond acceptors (Lipinski definition) is 3. The molecular weight excluding hydrogens is 252 g/mol. The Bertz CT molecular complexity index is 375. The Labute approximate surface area is 110 Å².